The van der Waals surface area contributed by atoms with Crippen LogP contribution < -0.4 is 4.18 Å². The highest BCUT2D eigenvalue weighted by Crippen LogP contribution is 2.41. The molecule has 3 nitrogen and oxygen atoms in total. The molecular formula is C14H12O3S. The molecule has 0 atom stereocenters. The largest absolute Gasteiger partial charge is 0.378 e. The predicted molar refractivity (Wildman–Crippen MR) is 69.2 cm³/mol. The van der Waals surface area contributed by atoms with Gasteiger partial charge in [0.1, 0.15) is 4.90 Å². The monoisotopic (exact) mass is 260 g/mol. The van der Waals surface area contributed by atoms with Gasteiger partial charge in [0.2, 0.25) is 0 Å². The van der Waals surface area contributed by atoms with E-state index >= 15 is 0 Å². The lowest BCUT2D eigenvalue weighted by molar-refractivity contribution is 0.483. The number of aryl methyl sites for hydroxylation is 2. The lowest BCUT2D eigenvalue weighted by Gasteiger charge is -2.21. The second kappa shape index (κ2) is 3.59. The highest BCUT2D eigenvalue weighted by molar-refractivity contribution is 7.87. The number of benzene rings is 2. The average molecular weight is 260 g/mol. The molecule has 92 valence electrons. The molecule has 0 aromatic heterocycles. The number of hydrogen-bond donors (Lipinski definition) is 0. The van der Waals surface area contributed by atoms with Gasteiger partial charge in [0.15, 0.2) is 5.75 Å². The van der Waals surface area contributed by atoms with E-state index in [2.05, 4.69) is 0 Å². The van der Waals surface area contributed by atoms with Crippen LogP contribution in [0.25, 0.3) is 11.1 Å². The molecule has 0 bridgehead atoms. The van der Waals surface area contributed by atoms with Gasteiger partial charge in [-0.2, -0.15) is 8.42 Å². The van der Waals surface area contributed by atoms with Crippen molar-refractivity contribution >= 4 is 10.1 Å². The van der Waals surface area contributed by atoms with Crippen LogP contribution >= 0.6 is 0 Å². The zero-order valence-corrected chi connectivity index (χ0v) is 10.9. The molecule has 0 saturated heterocycles. The minimum Gasteiger partial charge on any atom is -0.378 e. The molecule has 4 heteroatoms. The summed E-state index contributed by atoms with van der Waals surface area (Å²) in [7, 11) is -3.69. The van der Waals surface area contributed by atoms with Crippen LogP contribution in [0.5, 0.6) is 5.75 Å². The molecule has 1 aliphatic heterocycles. The zero-order valence-electron chi connectivity index (χ0n) is 10.1. The number of rotatable bonds is 0. The summed E-state index contributed by atoms with van der Waals surface area (Å²) in [6, 6.07) is 10.7. The lowest BCUT2D eigenvalue weighted by Crippen LogP contribution is -2.16. The predicted octanol–water partition coefficient (Wildman–Crippen LogP) is 3.05. The first-order valence-corrected chi connectivity index (χ1v) is 7.05. The van der Waals surface area contributed by atoms with E-state index in [1.54, 1.807) is 18.2 Å². The quantitative estimate of drug-likeness (QED) is 0.684. The van der Waals surface area contributed by atoms with Gasteiger partial charge in [0, 0.05) is 11.1 Å². The Balaban J connectivity index is 2.40. The molecule has 0 unspecified atom stereocenters. The van der Waals surface area contributed by atoms with Gasteiger partial charge < -0.3 is 4.18 Å². The normalized spacial score (nSPS) is 15.4. The topological polar surface area (TPSA) is 43.4 Å². The van der Waals surface area contributed by atoms with Crippen LogP contribution in [0.4, 0.5) is 0 Å². The molecule has 3 rings (SSSR count). The summed E-state index contributed by atoms with van der Waals surface area (Å²) in [6.07, 6.45) is 0. The van der Waals surface area contributed by atoms with Crippen molar-refractivity contribution in [1.29, 1.82) is 0 Å². The summed E-state index contributed by atoms with van der Waals surface area (Å²) in [5.41, 5.74) is 3.68. The van der Waals surface area contributed by atoms with Crippen LogP contribution in [-0.2, 0) is 10.1 Å². The van der Waals surface area contributed by atoms with Crippen LogP contribution in [0, 0.1) is 13.8 Å². The Kier molecular flexibility index (Phi) is 2.25. The molecule has 0 spiro atoms. The van der Waals surface area contributed by atoms with E-state index < -0.39 is 10.1 Å². The SMILES string of the molecule is Cc1cc2c(cc1C)-c1ccccc1S(=O)(=O)O2. The molecule has 0 aliphatic carbocycles. The molecular weight excluding hydrogens is 248 g/mol. The van der Waals surface area contributed by atoms with Crippen LogP contribution in [0.1, 0.15) is 11.1 Å². The zero-order chi connectivity index (χ0) is 12.9. The van der Waals surface area contributed by atoms with Crippen LogP contribution in [0.2, 0.25) is 0 Å². The van der Waals surface area contributed by atoms with Gasteiger partial charge >= 0.3 is 10.1 Å². The third kappa shape index (κ3) is 1.53. The third-order valence-electron chi connectivity index (χ3n) is 3.24. The van der Waals surface area contributed by atoms with Crippen molar-refractivity contribution in [1.82, 2.24) is 0 Å². The summed E-state index contributed by atoms with van der Waals surface area (Å²) in [4.78, 5) is 0.237. The summed E-state index contributed by atoms with van der Waals surface area (Å²) < 4.78 is 29.2. The van der Waals surface area contributed by atoms with Crippen molar-refractivity contribution in [2.45, 2.75) is 18.7 Å². The van der Waals surface area contributed by atoms with Gasteiger partial charge in [-0.25, -0.2) is 0 Å². The minimum absolute atomic E-state index is 0.237. The molecule has 1 aliphatic rings. The maximum atomic E-state index is 12.0. The molecule has 1 heterocycles. The van der Waals surface area contributed by atoms with Crippen LogP contribution in [-0.4, -0.2) is 8.42 Å². The first-order chi connectivity index (χ1) is 8.49. The van der Waals surface area contributed by atoms with E-state index in [4.69, 9.17) is 4.18 Å². The van der Waals surface area contributed by atoms with E-state index in [1.807, 2.05) is 32.0 Å². The first-order valence-electron chi connectivity index (χ1n) is 5.64. The molecule has 0 N–H and O–H groups in total. The van der Waals surface area contributed by atoms with Gasteiger partial charge in [-0.15, -0.1) is 0 Å². The van der Waals surface area contributed by atoms with Crippen LogP contribution in [0.15, 0.2) is 41.3 Å². The van der Waals surface area contributed by atoms with Crippen molar-refractivity contribution in [3.05, 3.63) is 47.5 Å². The van der Waals surface area contributed by atoms with E-state index in [0.717, 1.165) is 16.7 Å². The second-order valence-corrected chi connectivity index (χ2v) is 5.98. The molecule has 2 aromatic rings. The molecule has 18 heavy (non-hydrogen) atoms. The highest BCUT2D eigenvalue weighted by Gasteiger charge is 2.29. The van der Waals surface area contributed by atoms with Gasteiger partial charge in [0.25, 0.3) is 0 Å². The fourth-order valence-corrected chi connectivity index (χ4v) is 3.30. The Labute approximate surface area is 106 Å². The van der Waals surface area contributed by atoms with Crippen molar-refractivity contribution in [2.75, 3.05) is 0 Å². The molecule has 2 aromatic carbocycles. The third-order valence-corrected chi connectivity index (χ3v) is 4.54. The van der Waals surface area contributed by atoms with Crippen molar-refractivity contribution in [3.8, 4) is 16.9 Å². The van der Waals surface area contributed by atoms with E-state index in [9.17, 15) is 8.42 Å². The highest BCUT2D eigenvalue weighted by atomic mass is 32.2. The van der Waals surface area contributed by atoms with Crippen LogP contribution in [0.3, 0.4) is 0 Å². The first kappa shape index (κ1) is 11.3. The fourth-order valence-electron chi connectivity index (χ4n) is 2.14. The summed E-state index contributed by atoms with van der Waals surface area (Å²) in [5.74, 6) is 0.414. The molecule has 0 amide bonds. The van der Waals surface area contributed by atoms with Gasteiger partial charge in [-0.1, -0.05) is 18.2 Å². The lowest BCUT2D eigenvalue weighted by atomic mass is 9.99. The Hall–Kier alpha value is -1.81. The smallest absolute Gasteiger partial charge is 0.339 e. The van der Waals surface area contributed by atoms with E-state index in [-0.39, 0.29) is 4.90 Å². The standard InChI is InChI=1S/C14H12O3S/c1-9-7-12-11-5-3-4-6-14(11)18(15,16)17-13(12)8-10(9)2/h3-8H,1-2H3. The Bertz CT molecular complexity index is 746. The second-order valence-electron chi connectivity index (χ2n) is 4.47. The number of hydrogen-bond acceptors (Lipinski definition) is 3. The van der Waals surface area contributed by atoms with E-state index in [1.165, 1.54) is 0 Å². The molecule has 0 saturated carbocycles. The number of fused-ring (bicyclic) bond motifs is 3. The fraction of sp³-hybridized carbons (Fsp3) is 0.143. The summed E-state index contributed by atoms with van der Waals surface area (Å²) in [6.45, 7) is 3.94. The van der Waals surface area contributed by atoms with E-state index in [0.29, 0.717) is 11.3 Å². The Morgan fingerprint density at radius 2 is 1.61 bits per heavy atom. The Morgan fingerprint density at radius 1 is 0.944 bits per heavy atom. The summed E-state index contributed by atoms with van der Waals surface area (Å²) >= 11 is 0. The average Bonchev–Trinajstić information content (AvgIpc) is 2.32. The Morgan fingerprint density at radius 3 is 2.39 bits per heavy atom. The minimum atomic E-state index is -3.69. The maximum Gasteiger partial charge on any atom is 0.339 e. The maximum absolute atomic E-state index is 12.0. The van der Waals surface area contributed by atoms with Crippen molar-refractivity contribution < 1.29 is 12.6 Å². The molecule has 0 radical (unpaired) electrons. The van der Waals surface area contributed by atoms with Gasteiger partial charge in [-0.3, -0.25) is 0 Å². The van der Waals surface area contributed by atoms with Crippen molar-refractivity contribution in [3.63, 3.8) is 0 Å². The van der Waals surface area contributed by atoms with Crippen molar-refractivity contribution in [2.24, 2.45) is 0 Å². The van der Waals surface area contributed by atoms with Gasteiger partial charge in [0.05, 0.1) is 0 Å². The molecule has 0 fully saturated rings. The summed E-state index contributed by atoms with van der Waals surface area (Å²) in [5, 5.41) is 0. The van der Waals surface area contributed by atoms with Gasteiger partial charge in [-0.05, 0) is 43.2 Å².